The van der Waals surface area contributed by atoms with E-state index in [2.05, 4.69) is 33.0 Å². The molecule has 0 saturated carbocycles. The van der Waals surface area contributed by atoms with Crippen molar-refractivity contribution in [2.24, 2.45) is 5.73 Å². The fourth-order valence-electron chi connectivity index (χ4n) is 1.50. The maximum atomic E-state index is 5.90. The quantitative estimate of drug-likeness (QED) is 0.642. The van der Waals surface area contributed by atoms with Gasteiger partial charge in [0.05, 0.1) is 6.61 Å². The van der Waals surface area contributed by atoms with E-state index < -0.39 is 5.72 Å². The van der Waals surface area contributed by atoms with Crippen molar-refractivity contribution in [3.05, 3.63) is 0 Å². The summed E-state index contributed by atoms with van der Waals surface area (Å²) in [5.74, 6) is 0. The van der Waals surface area contributed by atoms with Gasteiger partial charge in [0.2, 0.25) is 0 Å². The summed E-state index contributed by atoms with van der Waals surface area (Å²) in [6.07, 6.45) is 1.81. The third-order valence-electron chi connectivity index (χ3n) is 2.54. The maximum Gasteiger partial charge on any atom is 0.113 e. The Hall–Kier alpha value is -0.120. The Morgan fingerprint density at radius 2 is 1.80 bits per heavy atom. The molecule has 0 radical (unpaired) electrons. The molecule has 0 saturated heterocycles. The third kappa shape index (κ3) is 7.77. The number of rotatable bonds is 7. The minimum absolute atomic E-state index is 0.109. The zero-order valence-corrected chi connectivity index (χ0v) is 11.2. The monoisotopic (exact) mass is 216 g/mol. The van der Waals surface area contributed by atoms with E-state index in [1.807, 2.05) is 13.8 Å². The van der Waals surface area contributed by atoms with Crippen LogP contribution in [0.25, 0.3) is 0 Å². The fourth-order valence-corrected chi connectivity index (χ4v) is 1.50. The van der Waals surface area contributed by atoms with Gasteiger partial charge in [0, 0.05) is 11.6 Å². The van der Waals surface area contributed by atoms with Gasteiger partial charge in [-0.25, -0.2) is 0 Å². The largest absolute Gasteiger partial charge is 0.361 e. The van der Waals surface area contributed by atoms with E-state index in [0.29, 0.717) is 12.6 Å². The highest BCUT2D eigenvalue weighted by Crippen LogP contribution is 2.13. The SMILES string of the molecule is CCC(C)(N)OCCC(C)(C)NC(C)C. The van der Waals surface area contributed by atoms with Gasteiger partial charge in [-0.1, -0.05) is 20.8 Å². The zero-order valence-electron chi connectivity index (χ0n) is 11.2. The zero-order chi connectivity index (χ0) is 12.1. The summed E-state index contributed by atoms with van der Waals surface area (Å²) in [6, 6.07) is 0.496. The van der Waals surface area contributed by atoms with Gasteiger partial charge in [-0.2, -0.15) is 0 Å². The van der Waals surface area contributed by atoms with E-state index in [4.69, 9.17) is 10.5 Å². The number of nitrogens with one attached hydrogen (secondary N) is 1. The second-order valence-electron chi connectivity index (χ2n) is 5.45. The Morgan fingerprint density at radius 3 is 2.20 bits per heavy atom. The molecule has 0 fully saturated rings. The van der Waals surface area contributed by atoms with E-state index in [1.165, 1.54) is 0 Å². The molecule has 0 aliphatic carbocycles. The van der Waals surface area contributed by atoms with Gasteiger partial charge in [-0.3, -0.25) is 0 Å². The van der Waals surface area contributed by atoms with Crippen molar-refractivity contribution >= 4 is 0 Å². The van der Waals surface area contributed by atoms with E-state index in [1.54, 1.807) is 0 Å². The first-order valence-electron chi connectivity index (χ1n) is 5.89. The molecule has 0 aliphatic heterocycles. The van der Waals surface area contributed by atoms with Crippen molar-refractivity contribution in [1.29, 1.82) is 0 Å². The van der Waals surface area contributed by atoms with Crippen LogP contribution in [0.1, 0.15) is 54.4 Å². The van der Waals surface area contributed by atoms with Gasteiger partial charge in [-0.05, 0) is 33.6 Å². The van der Waals surface area contributed by atoms with Gasteiger partial charge in [0.25, 0.3) is 0 Å². The van der Waals surface area contributed by atoms with Crippen LogP contribution in [0.2, 0.25) is 0 Å². The van der Waals surface area contributed by atoms with Gasteiger partial charge in [-0.15, -0.1) is 0 Å². The van der Waals surface area contributed by atoms with Crippen LogP contribution in [0.3, 0.4) is 0 Å². The second-order valence-corrected chi connectivity index (χ2v) is 5.45. The summed E-state index contributed by atoms with van der Waals surface area (Å²) in [4.78, 5) is 0. The molecule has 1 atom stereocenters. The number of ether oxygens (including phenoxy) is 1. The first-order chi connectivity index (χ1) is 6.68. The van der Waals surface area contributed by atoms with E-state index >= 15 is 0 Å². The van der Waals surface area contributed by atoms with Crippen LogP contribution in [-0.4, -0.2) is 23.9 Å². The van der Waals surface area contributed by atoms with Crippen LogP contribution in [0, 0.1) is 0 Å². The summed E-state index contributed by atoms with van der Waals surface area (Å²) < 4.78 is 5.63. The number of hydrogen-bond acceptors (Lipinski definition) is 3. The summed E-state index contributed by atoms with van der Waals surface area (Å²) in [7, 11) is 0. The average Bonchev–Trinajstić information content (AvgIpc) is 2.00. The highest BCUT2D eigenvalue weighted by Gasteiger charge is 2.21. The van der Waals surface area contributed by atoms with Crippen LogP contribution in [0.5, 0.6) is 0 Å². The summed E-state index contributed by atoms with van der Waals surface area (Å²) in [6.45, 7) is 13.4. The summed E-state index contributed by atoms with van der Waals surface area (Å²) in [5.41, 5.74) is 5.53. The fraction of sp³-hybridized carbons (Fsp3) is 1.00. The molecule has 0 aromatic heterocycles. The van der Waals surface area contributed by atoms with Crippen LogP contribution in [0.15, 0.2) is 0 Å². The predicted octanol–water partition coefficient (Wildman–Crippen LogP) is 2.25. The topological polar surface area (TPSA) is 47.3 Å². The number of hydrogen-bond donors (Lipinski definition) is 2. The van der Waals surface area contributed by atoms with Crippen LogP contribution in [-0.2, 0) is 4.74 Å². The summed E-state index contributed by atoms with van der Waals surface area (Å²) in [5, 5.41) is 3.50. The predicted molar refractivity (Wildman–Crippen MR) is 65.8 cm³/mol. The molecule has 3 heteroatoms. The highest BCUT2D eigenvalue weighted by molar-refractivity contribution is 4.79. The lowest BCUT2D eigenvalue weighted by Crippen LogP contribution is -2.46. The van der Waals surface area contributed by atoms with Crippen molar-refractivity contribution in [1.82, 2.24) is 5.32 Å². The molecule has 0 spiro atoms. The Morgan fingerprint density at radius 1 is 1.27 bits per heavy atom. The molecule has 0 aliphatic rings. The van der Waals surface area contributed by atoms with Crippen LogP contribution >= 0.6 is 0 Å². The first kappa shape index (κ1) is 14.9. The molecule has 92 valence electrons. The van der Waals surface area contributed by atoms with E-state index in [-0.39, 0.29) is 5.54 Å². The molecule has 0 bridgehead atoms. The van der Waals surface area contributed by atoms with E-state index in [9.17, 15) is 0 Å². The lowest BCUT2D eigenvalue weighted by molar-refractivity contribution is -0.0371. The molecule has 0 rings (SSSR count). The Bertz CT molecular complexity index is 176. The third-order valence-corrected chi connectivity index (χ3v) is 2.54. The first-order valence-corrected chi connectivity index (χ1v) is 5.89. The van der Waals surface area contributed by atoms with Crippen molar-refractivity contribution < 1.29 is 4.74 Å². The Balaban J connectivity index is 3.84. The standard InChI is InChI=1S/C12H28N2O/c1-7-12(6,13)15-9-8-11(4,5)14-10(2)3/h10,14H,7-9,13H2,1-6H3. The summed E-state index contributed by atoms with van der Waals surface area (Å²) >= 11 is 0. The lowest BCUT2D eigenvalue weighted by Gasteiger charge is -2.31. The molecule has 0 aromatic rings. The van der Waals surface area contributed by atoms with Gasteiger partial charge in [0.1, 0.15) is 5.72 Å². The number of nitrogens with two attached hydrogens (primary N) is 1. The normalized spacial score (nSPS) is 16.8. The molecule has 15 heavy (non-hydrogen) atoms. The van der Waals surface area contributed by atoms with Crippen molar-refractivity contribution in [3.8, 4) is 0 Å². The second kappa shape index (κ2) is 5.83. The molecule has 3 nitrogen and oxygen atoms in total. The Labute approximate surface area is 94.8 Å². The molecule has 0 aromatic carbocycles. The van der Waals surface area contributed by atoms with Crippen molar-refractivity contribution in [2.75, 3.05) is 6.61 Å². The minimum Gasteiger partial charge on any atom is -0.361 e. The van der Waals surface area contributed by atoms with Gasteiger partial charge < -0.3 is 15.8 Å². The van der Waals surface area contributed by atoms with Crippen LogP contribution < -0.4 is 11.1 Å². The lowest BCUT2D eigenvalue weighted by atomic mass is 10.00. The molecular weight excluding hydrogens is 188 g/mol. The Kier molecular flexibility index (Phi) is 5.78. The molecule has 0 heterocycles. The molecule has 1 unspecified atom stereocenters. The van der Waals surface area contributed by atoms with Gasteiger partial charge >= 0.3 is 0 Å². The minimum atomic E-state index is -0.478. The maximum absolute atomic E-state index is 5.90. The highest BCUT2D eigenvalue weighted by atomic mass is 16.5. The molecule has 0 amide bonds. The van der Waals surface area contributed by atoms with Crippen molar-refractivity contribution in [3.63, 3.8) is 0 Å². The smallest absolute Gasteiger partial charge is 0.113 e. The van der Waals surface area contributed by atoms with Crippen LogP contribution in [0.4, 0.5) is 0 Å². The average molecular weight is 216 g/mol. The van der Waals surface area contributed by atoms with E-state index in [0.717, 1.165) is 12.8 Å². The van der Waals surface area contributed by atoms with Gasteiger partial charge in [0.15, 0.2) is 0 Å². The molecular formula is C12H28N2O. The molecule has 3 N–H and O–H groups in total. The van der Waals surface area contributed by atoms with Crippen molar-refractivity contribution in [2.45, 2.75) is 71.7 Å².